The predicted molar refractivity (Wildman–Crippen MR) is 98.1 cm³/mol. The highest BCUT2D eigenvalue weighted by atomic mass is 19.1. The van der Waals surface area contributed by atoms with Crippen molar-refractivity contribution in [1.29, 1.82) is 0 Å². The summed E-state index contributed by atoms with van der Waals surface area (Å²) in [6.07, 6.45) is 5.07. The van der Waals surface area contributed by atoms with E-state index in [2.05, 4.69) is 35.1 Å². The molecule has 1 aliphatic heterocycles. The van der Waals surface area contributed by atoms with Gasteiger partial charge in [0.25, 0.3) is 0 Å². The number of nitrogens with one attached hydrogen (secondary N) is 1. The summed E-state index contributed by atoms with van der Waals surface area (Å²) in [4.78, 5) is 21.3. The molecule has 1 N–H and O–H groups in total. The Morgan fingerprint density at radius 2 is 1.59 bits per heavy atom. The van der Waals surface area contributed by atoms with Gasteiger partial charge in [0.15, 0.2) is 0 Å². The molecule has 0 aliphatic carbocycles. The van der Waals surface area contributed by atoms with E-state index in [0.717, 1.165) is 38.1 Å². The number of anilines is 4. The maximum absolute atomic E-state index is 13.8. The molecule has 0 saturated carbocycles. The Bertz CT molecular complexity index is 915. The van der Waals surface area contributed by atoms with Crippen molar-refractivity contribution in [3.63, 3.8) is 0 Å². The van der Waals surface area contributed by atoms with Gasteiger partial charge in [0.1, 0.15) is 17.5 Å². The first kappa shape index (κ1) is 17.1. The van der Waals surface area contributed by atoms with Crippen LogP contribution >= 0.6 is 0 Å². The van der Waals surface area contributed by atoms with Crippen LogP contribution in [0, 0.1) is 11.6 Å². The molecule has 138 valence electrons. The molecule has 3 heterocycles. The topological polar surface area (TPSA) is 70.1 Å². The fourth-order valence-electron chi connectivity index (χ4n) is 2.89. The molecule has 7 nitrogen and oxygen atoms in total. The van der Waals surface area contributed by atoms with Crippen LogP contribution in [0.1, 0.15) is 0 Å². The van der Waals surface area contributed by atoms with Gasteiger partial charge < -0.3 is 15.1 Å². The van der Waals surface area contributed by atoms with Crippen LogP contribution < -0.4 is 15.1 Å². The van der Waals surface area contributed by atoms with Gasteiger partial charge in [0.05, 0.1) is 5.69 Å². The molecule has 0 amide bonds. The highest BCUT2D eigenvalue weighted by Crippen LogP contribution is 2.21. The fourth-order valence-corrected chi connectivity index (χ4v) is 2.89. The Morgan fingerprint density at radius 3 is 2.33 bits per heavy atom. The maximum atomic E-state index is 13.8. The summed E-state index contributed by atoms with van der Waals surface area (Å²) in [7, 11) is 0. The first-order chi connectivity index (χ1) is 13.2. The zero-order valence-corrected chi connectivity index (χ0v) is 14.4. The quantitative estimate of drug-likeness (QED) is 0.758. The third-order valence-electron chi connectivity index (χ3n) is 4.26. The van der Waals surface area contributed by atoms with Crippen molar-refractivity contribution >= 4 is 23.4 Å². The van der Waals surface area contributed by atoms with E-state index < -0.39 is 11.6 Å². The summed E-state index contributed by atoms with van der Waals surface area (Å²) in [5.41, 5.74) is 0.125. The molecule has 2 aromatic heterocycles. The van der Waals surface area contributed by atoms with Crippen LogP contribution in [0.25, 0.3) is 0 Å². The van der Waals surface area contributed by atoms with Crippen molar-refractivity contribution in [3.05, 3.63) is 60.6 Å². The molecule has 3 aromatic rings. The molecule has 0 spiro atoms. The van der Waals surface area contributed by atoms with Crippen molar-refractivity contribution < 1.29 is 8.78 Å². The Labute approximate surface area is 154 Å². The number of benzene rings is 1. The lowest BCUT2D eigenvalue weighted by Gasteiger charge is -2.35. The largest absolute Gasteiger partial charge is 0.353 e. The lowest BCUT2D eigenvalue weighted by Crippen LogP contribution is -2.47. The molecule has 1 aliphatic rings. The van der Waals surface area contributed by atoms with Gasteiger partial charge in [-0.15, -0.1) is 0 Å². The molecular weight excluding hydrogens is 352 g/mol. The number of nitrogens with zero attached hydrogens (tertiary/aromatic N) is 6. The van der Waals surface area contributed by atoms with Crippen LogP contribution in [0.5, 0.6) is 0 Å². The summed E-state index contributed by atoms with van der Waals surface area (Å²) in [5, 5.41) is 2.79. The van der Waals surface area contributed by atoms with Gasteiger partial charge in [0.2, 0.25) is 11.9 Å². The fraction of sp³-hybridized carbons (Fsp3) is 0.222. The lowest BCUT2D eigenvalue weighted by atomic mass is 10.3. The van der Waals surface area contributed by atoms with E-state index in [0.29, 0.717) is 5.95 Å². The SMILES string of the molecule is Fc1ccc(Nc2nccc(N3CCN(c4ncccn4)CC3)n2)c(F)c1. The third kappa shape index (κ3) is 3.91. The molecule has 0 bridgehead atoms. The molecular formula is C18H17F2N7. The van der Waals surface area contributed by atoms with Crippen molar-refractivity contribution in [2.75, 3.05) is 41.3 Å². The van der Waals surface area contributed by atoms with Gasteiger partial charge >= 0.3 is 0 Å². The van der Waals surface area contributed by atoms with Crippen LogP contribution in [0.3, 0.4) is 0 Å². The monoisotopic (exact) mass is 369 g/mol. The van der Waals surface area contributed by atoms with E-state index in [1.807, 2.05) is 0 Å². The summed E-state index contributed by atoms with van der Waals surface area (Å²) >= 11 is 0. The van der Waals surface area contributed by atoms with Gasteiger partial charge in [-0.25, -0.2) is 23.7 Å². The number of hydrogen-bond donors (Lipinski definition) is 1. The van der Waals surface area contributed by atoms with Gasteiger partial charge in [-0.3, -0.25) is 0 Å². The van der Waals surface area contributed by atoms with Gasteiger partial charge in [-0.2, -0.15) is 4.98 Å². The second kappa shape index (κ2) is 7.48. The van der Waals surface area contributed by atoms with E-state index in [1.165, 1.54) is 12.1 Å². The highest BCUT2D eigenvalue weighted by Gasteiger charge is 2.20. The Balaban J connectivity index is 1.44. The first-order valence-electron chi connectivity index (χ1n) is 8.51. The van der Waals surface area contributed by atoms with E-state index in [1.54, 1.807) is 30.7 Å². The second-order valence-electron chi connectivity index (χ2n) is 6.01. The zero-order valence-electron chi connectivity index (χ0n) is 14.4. The lowest BCUT2D eigenvalue weighted by molar-refractivity contribution is 0.586. The van der Waals surface area contributed by atoms with Crippen LogP contribution in [-0.2, 0) is 0 Å². The summed E-state index contributed by atoms with van der Waals surface area (Å²) < 4.78 is 26.8. The first-order valence-corrected chi connectivity index (χ1v) is 8.51. The maximum Gasteiger partial charge on any atom is 0.229 e. The molecule has 1 saturated heterocycles. The highest BCUT2D eigenvalue weighted by molar-refractivity contribution is 5.56. The van der Waals surface area contributed by atoms with Crippen molar-refractivity contribution in [3.8, 4) is 0 Å². The molecule has 9 heteroatoms. The standard InChI is InChI=1S/C18H17F2N7/c19-13-2-3-15(14(20)12-13)24-17-21-7-4-16(25-17)26-8-10-27(11-9-26)18-22-5-1-6-23-18/h1-7,12H,8-11H2,(H,21,24,25). The third-order valence-corrected chi connectivity index (χ3v) is 4.26. The molecule has 0 radical (unpaired) electrons. The Kier molecular flexibility index (Phi) is 4.73. The van der Waals surface area contributed by atoms with Crippen molar-refractivity contribution in [2.45, 2.75) is 0 Å². The average molecular weight is 369 g/mol. The smallest absolute Gasteiger partial charge is 0.229 e. The molecule has 4 rings (SSSR count). The van der Waals surface area contributed by atoms with E-state index in [-0.39, 0.29) is 11.6 Å². The minimum atomic E-state index is -0.694. The van der Waals surface area contributed by atoms with E-state index in [9.17, 15) is 8.78 Å². The van der Waals surface area contributed by atoms with Gasteiger partial charge in [0, 0.05) is 50.8 Å². The number of halogens is 2. The van der Waals surface area contributed by atoms with Crippen LogP contribution in [-0.4, -0.2) is 46.1 Å². The van der Waals surface area contributed by atoms with Crippen LogP contribution in [0.2, 0.25) is 0 Å². The van der Waals surface area contributed by atoms with E-state index in [4.69, 9.17) is 0 Å². The predicted octanol–water partition coefficient (Wildman–Crippen LogP) is 2.62. The Hall–Kier alpha value is -3.36. The van der Waals surface area contributed by atoms with Crippen LogP contribution in [0.4, 0.5) is 32.2 Å². The number of aromatic nitrogens is 4. The van der Waals surface area contributed by atoms with E-state index >= 15 is 0 Å². The molecule has 0 atom stereocenters. The zero-order chi connectivity index (χ0) is 18.6. The van der Waals surface area contributed by atoms with Gasteiger partial charge in [-0.1, -0.05) is 0 Å². The molecule has 1 fully saturated rings. The summed E-state index contributed by atoms with van der Waals surface area (Å²) in [6.45, 7) is 3.03. The van der Waals surface area contributed by atoms with Gasteiger partial charge in [-0.05, 0) is 24.3 Å². The molecule has 1 aromatic carbocycles. The second-order valence-corrected chi connectivity index (χ2v) is 6.01. The molecule has 0 unspecified atom stereocenters. The number of rotatable bonds is 4. The van der Waals surface area contributed by atoms with Crippen molar-refractivity contribution in [2.24, 2.45) is 0 Å². The Morgan fingerprint density at radius 1 is 0.852 bits per heavy atom. The average Bonchev–Trinajstić information content (AvgIpc) is 2.71. The summed E-state index contributed by atoms with van der Waals surface area (Å²) in [5.74, 6) is 0.387. The number of hydrogen-bond acceptors (Lipinski definition) is 7. The normalized spacial score (nSPS) is 14.3. The summed E-state index contributed by atoms with van der Waals surface area (Å²) in [6, 6.07) is 6.91. The van der Waals surface area contributed by atoms with Crippen LogP contribution in [0.15, 0.2) is 48.9 Å². The minimum Gasteiger partial charge on any atom is -0.353 e. The number of piperazine rings is 1. The molecule has 27 heavy (non-hydrogen) atoms. The minimum absolute atomic E-state index is 0.125. The van der Waals surface area contributed by atoms with Crippen molar-refractivity contribution in [1.82, 2.24) is 19.9 Å².